The Bertz CT molecular complexity index is 654. The number of rotatable bonds is 20. The Hall–Kier alpha value is -1.38. The molecular formula is C26H50N2O10. The van der Waals surface area contributed by atoms with E-state index in [4.69, 9.17) is 9.47 Å². The molecule has 1 saturated heterocycles. The number of carbonyl (C=O) groups excluding carboxylic acids is 2. The second-order valence-corrected chi connectivity index (χ2v) is 10.1. The highest BCUT2D eigenvalue weighted by Gasteiger charge is 2.44. The van der Waals surface area contributed by atoms with Gasteiger partial charge >= 0.3 is 0 Å². The van der Waals surface area contributed by atoms with E-state index in [-0.39, 0.29) is 24.8 Å². The summed E-state index contributed by atoms with van der Waals surface area (Å²) in [5, 5.41) is 65.7. The van der Waals surface area contributed by atoms with Crippen LogP contribution < -0.4 is 10.6 Å². The third kappa shape index (κ3) is 13.1. The van der Waals surface area contributed by atoms with E-state index in [0.29, 0.717) is 25.8 Å². The summed E-state index contributed by atoms with van der Waals surface area (Å²) in [5.41, 5.74) is 0. The van der Waals surface area contributed by atoms with Crippen molar-refractivity contribution in [2.24, 2.45) is 0 Å². The van der Waals surface area contributed by atoms with Crippen LogP contribution in [0.4, 0.5) is 0 Å². The minimum Gasteiger partial charge on any atom is -0.394 e. The average molecular weight is 551 g/mol. The van der Waals surface area contributed by atoms with E-state index in [2.05, 4.69) is 10.6 Å². The monoisotopic (exact) mass is 550 g/mol. The van der Waals surface area contributed by atoms with Crippen molar-refractivity contribution in [3.05, 3.63) is 0 Å². The summed E-state index contributed by atoms with van der Waals surface area (Å²) in [5.74, 6) is -0.318. The van der Waals surface area contributed by atoms with Gasteiger partial charge in [-0.3, -0.25) is 9.59 Å². The van der Waals surface area contributed by atoms with Crippen molar-refractivity contribution in [1.29, 1.82) is 0 Å². The fraction of sp³-hybridized carbons (Fsp3) is 0.923. The normalized spacial score (nSPS) is 25.9. The molecule has 0 aromatic carbocycles. The summed E-state index contributed by atoms with van der Waals surface area (Å²) in [7, 11) is 0. The maximum absolute atomic E-state index is 12.6. The van der Waals surface area contributed by atoms with Crippen molar-refractivity contribution >= 4 is 11.8 Å². The van der Waals surface area contributed by atoms with Gasteiger partial charge in [0.15, 0.2) is 6.29 Å². The molecule has 12 nitrogen and oxygen atoms in total. The molecule has 1 aliphatic rings. The molecule has 38 heavy (non-hydrogen) atoms. The van der Waals surface area contributed by atoms with Crippen molar-refractivity contribution in [1.82, 2.24) is 10.6 Å². The van der Waals surface area contributed by atoms with Crippen LogP contribution in [0.25, 0.3) is 0 Å². The average Bonchev–Trinajstić information content (AvgIpc) is 2.88. The van der Waals surface area contributed by atoms with E-state index < -0.39 is 55.6 Å². The third-order valence-electron chi connectivity index (χ3n) is 6.73. The third-order valence-corrected chi connectivity index (χ3v) is 6.73. The Morgan fingerprint density at radius 1 is 0.921 bits per heavy atom. The summed E-state index contributed by atoms with van der Waals surface area (Å²) in [6, 6.07) is -1.01. The number of hydrogen-bond donors (Lipinski definition) is 8. The van der Waals surface area contributed by atoms with Crippen LogP contribution in [0, 0.1) is 0 Å². The lowest BCUT2D eigenvalue weighted by Crippen LogP contribution is -2.60. The minimum atomic E-state index is -1.61. The lowest BCUT2D eigenvalue weighted by Gasteiger charge is -2.40. The fourth-order valence-corrected chi connectivity index (χ4v) is 4.38. The molecule has 0 aliphatic carbocycles. The molecular weight excluding hydrogens is 500 g/mol. The van der Waals surface area contributed by atoms with Crippen LogP contribution in [0.15, 0.2) is 0 Å². The lowest BCUT2D eigenvalue weighted by atomic mass is 9.99. The number of amides is 2. The first-order valence-corrected chi connectivity index (χ1v) is 13.9. The molecule has 1 aliphatic heterocycles. The van der Waals surface area contributed by atoms with Crippen molar-refractivity contribution in [2.75, 3.05) is 19.8 Å². The second kappa shape index (κ2) is 19.6. The molecule has 12 heteroatoms. The number of nitrogens with one attached hydrogen (secondary N) is 2. The van der Waals surface area contributed by atoms with Crippen LogP contribution in [-0.4, -0.2) is 111 Å². The Balaban J connectivity index is 2.44. The zero-order valence-electron chi connectivity index (χ0n) is 22.8. The number of ether oxygens (including phenoxy) is 2. The zero-order chi connectivity index (χ0) is 28.5. The highest BCUT2D eigenvalue weighted by Crippen LogP contribution is 2.22. The van der Waals surface area contributed by atoms with E-state index in [1.165, 1.54) is 6.92 Å². The van der Waals surface area contributed by atoms with Gasteiger partial charge in [-0.15, -0.1) is 0 Å². The smallest absolute Gasteiger partial charge is 0.220 e. The number of unbranched alkanes of at least 4 members (excludes halogenated alkanes) is 7. The second-order valence-electron chi connectivity index (χ2n) is 10.1. The number of carbonyl (C=O) groups is 2. The van der Waals surface area contributed by atoms with Gasteiger partial charge in [0.25, 0.3) is 0 Å². The molecule has 8 atom stereocenters. The van der Waals surface area contributed by atoms with Crippen molar-refractivity contribution in [2.45, 2.75) is 133 Å². The van der Waals surface area contributed by atoms with Crippen molar-refractivity contribution < 1.29 is 49.7 Å². The van der Waals surface area contributed by atoms with Gasteiger partial charge < -0.3 is 50.7 Å². The largest absolute Gasteiger partial charge is 0.394 e. The van der Waals surface area contributed by atoms with Crippen LogP contribution >= 0.6 is 0 Å². The summed E-state index contributed by atoms with van der Waals surface area (Å²) in [4.78, 5) is 23.4. The molecule has 2 amide bonds. The first kappa shape index (κ1) is 34.6. The van der Waals surface area contributed by atoms with E-state index >= 15 is 0 Å². The molecule has 0 radical (unpaired) electrons. The van der Waals surface area contributed by atoms with Crippen LogP contribution in [0.5, 0.6) is 0 Å². The summed E-state index contributed by atoms with van der Waals surface area (Å²) in [6.45, 7) is 3.12. The van der Waals surface area contributed by atoms with Gasteiger partial charge in [-0.2, -0.15) is 0 Å². The molecule has 0 spiro atoms. The summed E-state index contributed by atoms with van der Waals surface area (Å²) >= 11 is 0. The molecule has 1 fully saturated rings. The standard InChI is InChI=1S/C26H50N2O10/c1-3-12-19(31)22(33)18(16-37-26-25(36)24(35)23(34)20(15-29)38-26)28-21(32)13-10-8-6-4-5-7-9-11-14-27-17(2)30/h18-20,22-26,29,31,33-36H,3-16H2,1-2H3,(H,27,30)(H,28,32)/t18-,19+,20?,22-,23-,24-,25?,26-/m0/s1. The van der Waals surface area contributed by atoms with Crippen LogP contribution in [0.2, 0.25) is 0 Å². The molecule has 0 bridgehead atoms. The highest BCUT2D eigenvalue weighted by atomic mass is 16.7. The quantitative estimate of drug-likeness (QED) is 0.0911. The van der Waals surface area contributed by atoms with Gasteiger partial charge in [-0.05, 0) is 19.3 Å². The number of hydrogen-bond acceptors (Lipinski definition) is 10. The Kier molecular flexibility index (Phi) is 17.9. The van der Waals surface area contributed by atoms with Gasteiger partial charge in [0, 0.05) is 19.9 Å². The first-order chi connectivity index (χ1) is 18.1. The predicted octanol–water partition coefficient (Wildman–Crippen LogP) is -0.543. The van der Waals surface area contributed by atoms with E-state index in [1.54, 1.807) is 0 Å². The molecule has 0 aromatic rings. The first-order valence-electron chi connectivity index (χ1n) is 13.9. The number of aliphatic hydroxyl groups is 6. The molecule has 8 N–H and O–H groups in total. The maximum atomic E-state index is 12.6. The summed E-state index contributed by atoms with van der Waals surface area (Å²) < 4.78 is 10.8. The maximum Gasteiger partial charge on any atom is 0.220 e. The Labute approximate surface area is 225 Å². The highest BCUT2D eigenvalue weighted by molar-refractivity contribution is 5.76. The SMILES string of the molecule is CCC[C@@H](O)[C@@H](O)[C@H](CO[C@H]1OC(CO)[C@H](O)[C@H](O)C1O)NC(=O)CCCCCCCCCCNC(C)=O. The molecule has 2 unspecified atom stereocenters. The molecule has 0 saturated carbocycles. The van der Waals surface area contributed by atoms with Crippen LogP contribution in [0.3, 0.4) is 0 Å². The predicted molar refractivity (Wildman–Crippen MR) is 139 cm³/mol. The number of aliphatic hydroxyl groups excluding tert-OH is 6. The minimum absolute atomic E-state index is 0.00617. The van der Waals surface area contributed by atoms with Crippen molar-refractivity contribution in [3.63, 3.8) is 0 Å². The zero-order valence-corrected chi connectivity index (χ0v) is 22.8. The van der Waals surface area contributed by atoms with Gasteiger partial charge in [0.1, 0.15) is 30.5 Å². The Morgan fingerprint density at radius 2 is 1.53 bits per heavy atom. The van der Waals surface area contributed by atoms with E-state index in [0.717, 1.165) is 44.9 Å². The molecule has 1 heterocycles. The van der Waals surface area contributed by atoms with Crippen molar-refractivity contribution in [3.8, 4) is 0 Å². The molecule has 0 aromatic heterocycles. The summed E-state index contributed by atoms with van der Waals surface area (Å²) in [6.07, 6.45) is -0.732. The van der Waals surface area contributed by atoms with Gasteiger partial charge in [-0.1, -0.05) is 51.9 Å². The van der Waals surface area contributed by atoms with Gasteiger partial charge in [0.2, 0.25) is 11.8 Å². The van der Waals surface area contributed by atoms with Gasteiger partial charge in [0.05, 0.1) is 25.4 Å². The fourth-order valence-electron chi connectivity index (χ4n) is 4.38. The van der Waals surface area contributed by atoms with Gasteiger partial charge in [-0.25, -0.2) is 0 Å². The molecule has 224 valence electrons. The molecule has 1 rings (SSSR count). The van der Waals surface area contributed by atoms with E-state index in [9.17, 15) is 40.2 Å². The van der Waals surface area contributed by atoms with E-state index in [1.807, 2.05) is 6.92 Å². The lowest BCUT2D eigenvalue weighted by molar-refractivity contribution is -0.303. The topological polar surface area (TPSA) is 198 Å². The van der Waals surface area contributed by atoms with Crippen LogP contribution in [-0.2, 0) is 19.1 Å². The van der Waals surface area contributed by atoms with Crippen LogP contribution in [0.1, 0.15) is 84.5 Å². The Morgan fingerprint density at radius 3 is 2.11 bits per heavy atom.